The van der Waals surface area contributed by atoms with E-state index in [2.05, 4.69) is 0 Å². The van der Waals surface area contributed by atoms with Gasteiger partial charge in [0.2, 0.25) is 5.91 Å². The van der Waals surface area contributed by atoms with Gasteiger partial charge in [-0.3, -0.25) is 4.79 Å². The molecule has 4 nitrogen and oxygen atoms in total. The third-order valence-electron chi connectivity index (χ3n) is 2.53. The summed E-state index contributed by atoms with van der Waals surface area (Å²) in [4.78, 5) is 12.9. The highest BCUT2D eigenvalue weighted by Gasteiger charge is 2.10. The third kappa shape index (κ3) is 4.20. The second kappa shape index (κ2) is 6.61. The Morgan fingerprint density at radius 2 is 2.17 bits per heavy atom. The lowest BCUT2D eigenvalue weighted by Gasteiger charge is -2.15. The van der Waals surface area contributed by atoms with Gasteiger partial charge in [0.15, 0.2) is 0 Å². The quantitative estimate of drug-likeness (QED) is 0.893. The second-order valence-corrected chi connectivity index (χ2v) is 4.79. The maximum absolute atomic E-state index is 11.4. The van der Waals surface area contributed by atoms with Crippen LogP contribution >= 0.6 is 11.6 Å². The summed E-state index contributed by atoms with van der Waals surface area (Å²) in [6, 6.07) is 5.15. The van der Waals surface area contributed by atoms with Crippen LogP contribution in [0, 0.1) is 0 Å². The average Bonchev–Trinajstić information content (AvgIpc) is 2.30. The van der Waals surface area contributed by atoms with E-state index in [4.69, 9.17) is 22.1 Å². The monoisotopic (exact) mass is 270 g/mol. The molecule has 0 bridgehead atoms. The van der Waals surface area contributed by atoms with Crippen molar-refractivity contribution >= 4 is 17.5 Å². The average molecular weight is 271 g/mol. The minimum atomic E-state index is -0.164. The van der Waals surface area contributed by atoms with Gasteiger partial charge in [-0.2, -0.15) is 0 Å². The molecule has 0 spiro atoms. The van der Waals surface area contributed by atoms with Gasteiger partial charge in [-0.15, -0.1) is 0 Å². The number of benzene rings is 1. The van der Waals surface area contributed by atoms with Crippen molar-refractivity contribution in [1.82, 2.24) is 4.90 Å². The first kappa shape index (κ1) is 14.8. The van der Waals surface area contributed by atoms with Crippen LogP contribution in [0.2, 0.25) is 5.02 Å². The van der Waals surface area contributed by atoms with E-state index in [9.17, 15) is 4.79 Å². The smallest absolute Gasteiger partial charge is 0.225 e. The number of amides is 1. The van der Waals surface area contributed by atoms with Gasteiger partial charge < -0.3 is 15.4 Å². The van der Waals surface area contributed by atoms with Gasteiger partial charge in [0.05, 0.1) is 13.0 Å². The zero-order chi connectivity index (χ0) is 13.7. The Morgan fingerprint density at radius 3 is 2.72 bits per heavy atom. The molecule has 18 heavy (non-hydrogen) atoms. The molecule has 0 aromatic heterocycles. The number of ether oxygens (including phenoxy) is 1. The Hall–Kier alpha value is -1.26. The van der Waals surface area contributed by atoms with Crippen molar-refractivity contribution < 1.29 is 9.53 Å². The first-order valence-corrected chi connectivity index (χ1v) is 6.17. The van der Waals surface area contributed by atoms with Gasteiger partial charge in [0.25, 0.3) is 0 Å². The largest absolute Gasteiger partial charge is 0.493 e. The zero-order valence-electron chi connectivity index (χ0n) is 10.9. The first-order valence-electron chi connectivity index (χ1n) is 5.79. The molecule has 100 valence electrons. The first-order chi connectivity index (χ1) is 8.41. The van der Waals surface area contributed by atoms with Crippen LogP contribution in [-0.4, -0.2) is 31.5 Å². The molecule has 0 aliphatic rings. The number of carbonyl (C=O) groups is 1. The Labute approximate surface area is 113 Å². The third-order valence-corrected chi connectivity index (χ3v) is 2.77. The number of nitrogens with two attached hydrogens (primary N) is 1. The lowest BCUT2D eigenvalue weighted by molar-refractivity contribution is -0.129. The van der Waals surface area contributed by atoms with Crippen LogP contribution in [0.1, 0.15) is 24.9 Å². The van der Waals surface area contributed by atoms with Crippen molar-refractivity contribution in [2.24, 2.45) is 5.73 Å². The molecule has 0 saturated carbocycles. The van der Waals surface area contributed by atoms with E-state index in [1.165, 1.54) is 4.90 Å². The molecular weight excluding hydrogens is 252 g/mol. The van der Waals surface area contributed by atoms with E-state index in [0.717, 1.165) is 5.56 Å². The van der Waals surface area contributed by atoms with E-state index in [-0.39, 0.29) is 11.9 Å². The van der Waals surface area contributed by atoms with Crippen LogP contribution in [0.25, 0.3) is 0 Å². The number of nitrogens with zero attached hydrogens (tertiary/aromatic N) is 1. The van der Waals surface area contributed by atoms with Gasteiger partial charge in [-0.25, -0.2) is 0 Å². The Kier molecular flexibility index (Phi) is 5.44. The number of hydrogen-bond donors (Lipinski definition) is 1. The van der Waals surface area contributed by atoms with Gasteiger partial charge in [0.1, 0.15) is 5.75 Å². The summed E-state index contributed by atoms with van der Waals surface area (Å²) in [5.41, 5.74) is 6.70. The molecule has 0 fully saturated rings. The standard InChI is InChI=1S/C13H19ClN2O2/c1-9(15)11-8-10(14)4-5-12(11)18-7-6-13(17)16(2)3/h4-5,8-9H,6-7,15H2,1-3H3/t9-/m0/s1. The minimum absolute atomic E-state index is 0.0336. The highest BCUT2D eigenvalue weighted by molar-refractivity contribution is 6.30. The van der Waals surface area contributed by atoms with Crippen molar-refractivity contribution in [2.45, 2.75) is 19.4 Å². The molecule has 1 atom stereocenters. The summed E-state index contributed by atoms with van der Waals surface area (Å²) in [5, 5.41) is 0.624. The Balaban J connectivity index is 2.65. The summed E-state index contributed by atoms with van der Waals surface area (Å²) in [6.45, 7) is 2.20. The fourth-order valence-electron chi connectivity index (χ4n) is 1.48. The lowest BCUT2D eigenvalue weighted by atomic mass is 10.1. The van der Waals surface area contributed by atoms with Crippen LogP contribution in [0.5, 0.6) is 5.75 Å². The molecule has 0 saturated heterocycles. The molecule has 5 heteroatoms. The summed E-state index contributed by atoms with van der Waals surface area (Å²) in [6.07, 6.45) is 0.341. The van der Waals surface area contributed by atoms with Crippen LogP contribution in [0.15, 0.2) is 18.2 Å². The topological polar surface area (TPSA) is 55.6 Å². The minimum Gasteiger partial charge on any atom is -0.493 e. The van der Waals surface area contributed by atoms with E-state index < -0.39 is 0 Å². The van der Waals surface area contributed by atoms with Gasteiger partial charge in [-0.1, -0.05) is 11.6 Å². The zero-order valence-corrected chi connectivity index (χ0v) is 11.7. The van der Waals surface area contributed by atoms with E-state index in [0.29, 0.717) is 23.8 Å². The number of carbonyl (C=O) groups excluding carboxylic acids is 1. The highest BCUT2D eigenvalue weighted by Crippen LogP contribution is 2.27. The lowest BCUT2D eigenvalue weighted by Crippen LogP contribution is -2.23. The SMILES string of the molecule is C[C@H](N)c1cc(Cl)ccc1OCCC(=O)N(C)C. The van der Waals surface area contributed by atoms with Crippen molar-refractivity contribution in [2.75, 3.05) is 20.7 Å². The van der Waals surface area contributed by atoms with Crippen molar-refractivity contribution in [3.8, 4) is 5.75 Å². The summed E-state index contributed by atoms with van der Waals surface area (Å²) < 4.78 is 5.59. The molecule has 1 amide bonds. The summed E-state index contributed by atoms with van der Waals surface area (Å²) >= 11 is 5.92. The van der Waals surface area contributed by atoms with Gasteiger partial charge >= 0.3 is 0 Å². The van der Waals surface area contributed by atoms with Crippen LogP contribution in [-0.2, 0) is 4.79 Å². The van der Waals surface area contributed by atoms with Gasteiger partial charge in [-0.05, 0) is 25.1 Å². The summed E-state index contributed by atoms with van der Waals surface area (Å²) in [5.74, 6) is 0.715. The Morgan fingerprint density at radius 1 is 1.50 bits per heavy atom. The Bertz CT molecular complexity index is 419. The van der Waals surface area contributed by atoms with Crippen LogP contribution in [0.3, 0.4) is 0 Å². The predicted molar refractivity (Wildman–Crippen MR) is 72.9 cm³/mol. The fourth-order valence-corrected chi connectivity index (χ4v) is 1.66. The molecule has 0 aliphatic carbocycles. The van der Waals surface area contributed by atoms with Gasteiger partial charge in [0, 0.05) is 30.7 Å². The molecular formula is C13H19ClN2O2. The number of rotatable bonds is 5. The van der Waals surface area contributed by atoms with Crippen molar-refractivity contribution in [1.29, 1.82) is 0 Å². The maximum Gasteiger partial charge on any atom is 0.225 e. The van der Waals surface area contributed by atoms with Crippen molar-refractivity contribution in [3.05, 3.63) is 28.8 Å². The van der Waals surface area contributed by atoms with Crippen molar-refractivity contribution in [3.63, 3.8) is 0 Å². The normalized spacial score (nSPS) is 12.1. The molecule has 0 radical (unpaired) electrons. The molecule has 0 heterocycles. The molecule has 1 rings (SSSR count). The molecule has 2 N–H and O–H groups in total. The molecule has 1 aromatic rings. The fraction of sp³-hybridized carbons (Fsp3) is 0.462. The van der Waals surface area contributed by atoms with Crippen LogP contribution in [0.4, 0.5) is 0 Å². The number of halogens is 1. The molecule has 1 aromatic carbocycles. The molecule has 0 aliphatic heterocycles. The van der Waals surface area contributed by atoms with E-state index in [1.807, 2.05) is 6.92 Å². The highest BCUT2D eigenvalue weighted by atomic mass is 35.5. The number of hydrogen-bond acceptors (Lipinski definition) is 3. The van der Waals surface area contributed by atoms with E-state index in [1.54, 1.807) is 32.3 Å². The predicted octanol–water partition coefficient (Wildman–Crippen LogP) is 2.22. The molecule has 0 unspecified atom stereocenters. The van der Waals surface area contributed by atoms with Crippen LogP contribution < -0.4 is 10.5 Å². The summed E-state index contributed by atoms with van der Waals surface area (Å²) in [7, 11) is 3.44. The second-order valence-electron chi connectivity index (χ2n) is 4.36. The van der Waals surface area contributed by atoms with E-state index >= 15 is 0 Å². The maximum atomic E-state index is 11.4.